The monoisotopic (exact) mass is 178 g/mol. The molecule has 0 radical (unpaired) electrons. The third-order valence-corrected chi connectivity index (χ3v) is 2.34. The zero-order valence-electron chi connectivity index (χ0n) is 5.02. The van der Waals surface area contributed by atoms with Crippen molar-refractivity contribution >= 4 is 15.9 Å². The molecular weight excluding hydrogens is 168 g/mol. The van der Waals surface area contributed by atoms with Gasteiger partial charge in [-0.3, -0.25) is 0 Å². The van der Waals surface area contributed by atoms with Crippen molar-refractivity contribution in [2.45, 2.75) is 25.4 Å². The fourth-order valence-corrected chi connectivity index (χ4v) is 1.67. The van der Waals surface area contributed by atoms with E-state index < -0.39 is 0 Å². The largest absolute Gasteiger partial charge is 0.390 e. The Morgan fingerprint density at radius 3 is 2.50 bits per heavy atom. The van der Waals surface area contributed by atoms with Crippen molar-refractivity contribution < 1.29 is 5.11 Å². The lowest BCUT2D eigenvalue weighted by molar-refractivity contribution is 0.132. The quantitative estimate of drug-likeness (QED) is 0.637. The van der Waals surface area contributed by atoms with Crippen molar-refractivity contribution in [3.8, 4) is 0 Å². The van der Waals surface area contributed by atoms with Gasteiger partial charge in [-0.15, -0.1) is 0 Å². The van der Waals surface area contributed by atoms with Crippen molar-refractivity contribution in [2.75, 3.05) is 5.33 Å². The predicted octanol–water partition coefficient (Wildman–Crippen LogP) is 1.54. The van der Waals surface area contributed by atoms with Crippen molar-refractivity contribution in [2.24, 2.45) is 5.92 Å². The number of halogens is 1. The second-order valence-corrected chi connectivity index (χ2v) is 3.44. The van der Waals surface area contributed by atoms with Crippen LogP contribution in [0.4, 0.5) is 0 Å². The molecule has 0 heterocycles. The Bertz CT molecular complexity index is 94.5. The molecular formula is C6H11BrO. The molecule has 0 aromatic carbocycles. The van der Waals surface area contributed by atoms with Gasteiger partial charge in [0, 0.05) is 5.33 Å². The first-order valence-electron chi connectivity index (χ1n) is 2.97. The number of alkyl halides is 1. The molecule has 1 aliphatic rings. The molecule has 0 aromatic heterocycles. The fraction of sp³-hybridized carbons (Fsp3) is 1.00. The van der Waals surface area contributed by atoms with Crippen LogP contribution in [0.15, 0.2) is 0 Å². The second kappa shape index (κ2) is 1.99. The lowest BCUT2D eigenvalue weighted by Crippen LogP contribution is -2.09. The minimum Gasteiger partial charge on any atom is -0.390 e. The van der Waals surface area contributed by atoms with E-state index in [0.717, 1.165) is 18.2 Å². The number of rotatable bonds is 2. The molecule has 0 amide bonds. The lowest BCUT2D eigenvalue weighted by atomic mass is 10.2. The molecule has 2 heteroatoms. The molecule has 1 N–H and O–H groups in total. The van der Waals surface area contributed by atoms with Gasteiger partial charge >= 0.3 is 0 Å². The molecule has 1 rings (SSSR count). The maximum atomic E-state index is 9.37. The van der Waals surface area contributed by atoms with E-state index in [4.69, 9.17) is 0 Å². The standard InChI is InChI=1S/C6H11BrO/c1-5-4-6(5,8)2-3-7/h5,8H,2-4H2,1H3/t5-,6-/m0/s1. The molecule has 0 aromatic rings. The summed E-state index contributed by atoms with van der Waals surface area (Å²) in [7, 11) is 0. The van der Waals surface area contributed by atoms with Crippen LogP contribution in [0.5, 0.6) is 0 Å². The predicted molar refractivity (Wildman–Crippen MR) is 37.1 cm³/mol. The van der Waals surface area contributed by atoms with Crippen LogP contribution in [0.3, 0.4) is 0 Å². The normalized spacial score (nSPS) is 44.6. The summed E-state index contributed by atoms with van der Waals surface area (Å²) in [4.78, 5) is 0. The Labute approximate surface area is 58.2 Å². The smallest absolute Gasteiger partial charge is 0.0685 e. The Kier molecular flexibility index (Phi) is 1.63. The van der Waals surface area contributed by atoms with E-state index in [1.165, 1.54) is 0 Å². The average molecular weight is 179 g/mol. The van der Waals surface area contributed by atoms with Crippen LogP contribution >= 0.6 is 15.9 Å². The van der Waals surface area contributed by atoms with E-state index in [1.54, 1.807) is 0 Å². The van der Waals surface area contributed by atoms with Gasteiger partial charge in [0.1, 0.15) is 0 Å². The van der Waals surface area contributed by atoms with Gasteiger partial charge in [-0.25, -0.2) is 0 Å². The van der Waals surface area contributed by atoms with Crippen LogP contribution in [0, 0.1) is 5.92 Å². The molecule has 2 atom stereocenters. The first-order chi connectivity index (χ1) is 3.69. The third-order valence-electron chi connectivity index (χ3n) is 1.94. The molecule has 0 spiro atoms. The van der Waals surface area contributed by atoms with Crippen LogP contribution < -0.4 is 0 Å². The Morgan fingerprint density at radius 1 is 1.88 bits per heavy atom. The molecule has 0 unspecified atom stereocenters. The highest BCUT2D eigenvalue weighted by atomic mass is 79.9. The summed E-state index contributed by atoms with van der Waals surface area (Å²) in [6.45, 7) is 2.09. The highest BCUT2D eigenvalue weighted by molar-refractivity contribution is 9.09. The molecule has 48 valence electrons. The van der Waals surface area contributed by atoms with Crippen molar-refractivity contribution in [3.63, 3.8) is 0 Å². The third kappa shape index (κ3) is 1.06. The van der Waals surface area contributed by atoms with Gasteiger partial charge in [-0.1, -0.05) is 22.9 Å². The molecule has 1 nitrogen and oxygen atoms in total. The van der Waals surface area contributed by atoms with Crippen LogP contribution in [0.2, 0.25) is 0 Å². The molecule has 0 bridgehead atoms. The first kappa shape index (κ1) is 6.56. The first-order valence-corrected chi connectivity index (χ1v) is 4.09. The molecule has 0 saturated heterocycles. The van der Waals surface area contributed by atoms with Gasteiger partial charge in [0.05, 0.1) is 5.60 Å². The van der Waals surface area contributed by atoms with Gasteiger partial charge < -0.3 is 5.11 Å². The van der Waals surface area contributed by atoms with E-state index in [9.17, 15) is 5.11 Å². The van der Waals surface area contributed by atoms with Crippen LogP contribution in [-0.4, -0.2) is 16.0 Å². The minimum absolute atomic E-state index is 0.288. The maximum Gasteiger partial charge on any atom is 0.0685 e. The van der Waals surface area contributed by atoms with Gasteiger partial charge in [-0.05, 0) is 18.8 Å². The summed E-state index contributed by atoms with van der Waals surface area (Å²) >= 11 is 3.29. The molecule has 1 saturated carbocycles. The van der Waals surface area contributed by atoms with Crippen LogP contribution in [0.25, 0.3) is 0 Å². The Balaban J connectivity index is 2.25. The van der Waals surface area contributed by atoms with Gasteiger partial charge in [0.15, 0.2) is 0 Å². The summed E-state index contributed by atoms with van der Waals surface area (Å²) in [5.41, 5.74) is -0.288. The van der Waals surface area contributed by atoms with Crippen LogP contribution in [0.1, 0.15) is 19.8 Å². The molecule has 1 aliphatic carbocycles. The Hall–Kier alpha value is 0.440. The Morgan fingerprint density at radius 2 is 2.38 bits per heavy atom. The van der Waals surface area contributed by atoms with Crippen molar-refractivity contribution in [1.82, 2.24) is 0 Å². The highest BCUT2D eigenvalue weighted by Gasteiger charge is 2.48. The van der Waals surface area contributed by atoms with Crippen molar-refractivity contribution in [3.05, 3.63) is 0 Å². The van der Waals surface area contributed by atoms with E-state index in [2.05, 4.69) is 22.9 Å². The van der Waals surface area contributed by atoms with Gasteiger partial charge in [0.2, 0.25) is 0 Å². The highest BCUT2D eigenvalue weighted by Crippen LogP contribution is 2.45. The second-order valence-electron chi connectivity index (χ2n) is 2.65. The zero-order chi connectivity index (χ0) is 6.20. The number of hydrogen-bond acceptors (Lipinski definition) is 1. The summed E-state index contributed by atoms with van der Waals surface area (Å²) in [5.74, 6) is 0.542. The van der Waals surface area contributed by atoms with E-state index in [1.807, 2.05) is 0 Å². The lowest BCUT2D eigenvalue weighted by Gasteiger charge is -2.03. The van der Waals surface area contributed by atoms with E-state index >= 15 is 0 Å². The summed E-state index contributed by atoms with van der Waals surface area (Å²) < 4.78 is 0. The number of hydrogen-bond donors (Lipinski definition) is 1. The summed E-state index contributed by atoms with van der Waals surface area (Å²) in [5, 5.41) is 10.3. The minimum atomic E-state index is -0.288. The molecule has 8 heavy (non-hydrogen) atoms. The topological polar surface area (TPSA) is 20.2 Å². The van der Waals surface area contributed by atoms with Crippen LogP contribution in [-0.2, 0) is 0 Å². The van der Waals surface area contributed by atoms with E-state index in [-0.39, 0.29) is 5.60 Å². The summed E-state index contributed by atoms with van der Waals surface area (Å²) in [6.07, 6.45) is 1.91. The zero-order valence-corrected chi connectivity index (χ0v) is 6.61. The van der Waals surface area contributed by atoms with Gasteiger partial charge in [0.25, 0.3) is 0 Å². The van der Waals surface area contributed by atoms with Crippen molar-refractivity contribution in [1.29, 1.82) is 0 Å². The van der Waals surface area contributed by atoms with Gasteiger partial charge in [-0.2, -0.15) is 0 Å². The number of aliphatic hydroxyl groups is 1. The fourth-order valence-electron chi connectivity index (χ4n) is 0.983. The van der Waals surface area contributed by atoms with E-state index in [0.29, 0.717) is 5.92 Å². The molecule has 0 aliphatic heterocycles. The summed E-state index contributed by atoms with van der Waals surface area (Å²) in [6, 6.07) is 0. The maximum absolute atomic E-state index is 9.37. The SMILES string of the molecule is C[C@H]1C[C@@]1(O)CCBr. The molecule has 1 fully saturated rings. The average Bonchev–Trinajstić information content (AvgIpc) is 2.16.